The van der Waals surface area contributed by atoms with E-state index in [2.05, 4.69) is 5.32 Å². The van der Waals surface area contributed by atoms with Crippen molar-refractivity contribution in [2.24, 2.45) is 0 Å². The molecule has 0 unspecified atom stereocenters. The van der Waals surface area contributed by atoms with Gasteiger partial charge in [0.05, 0.1) is 21.3 Å². The van der Waals surface area contributed by atoms with E-state index < -0.39 is 0 Å². The number of benzene rings is 1. The highest BCUT2D eigenvalue weighted by Gasteiger charge is 2.25. The van der Waals surface area contributed by atoms with Crippen LogP contribution in [-0.2, 0) is 0 Å². The molecule has 0 aliphatic carbocycles. The Bertz CT molecular complexity index is 380. The molecule has 1 saturated heterocycles. The van der Waals surface area contributed by atoms with Gasteiger partial charge in [-0.15, -0.1) is 12.4 Å². The van der Waals surface area contributed by atoms with E-state index in [1.54, 1.807) is 21.3 Å². The lowest BCUT2D eigenvalue weighted by Crippen LogP contribution is -2.35. The zero-order valence-corrected chi connectivity index (χ0v) is 11.1. The first kappa shape index (κ1) is 13.9. The van der Waals surface area contributed by atoms with Crippen molar-refractivity contribution in [3.63, 3.8) is 0 Å². The molecule has 1 atom stereocenters. The van der Waals surface area contributed by atoms with Gasteiger partial charge in [-0.1, -0.05) is 0 Å². The number of hydrogen-bond donors (Lipinski definition) is 1. The standard InChI is InChI=1S/C12H17NO3.ClH/c1-14-10-5-4-8(9-6-7-13-9)11(15-2)12(10)16-3;/h4-5,9,13H,6-7H2,1-3H3;1H/t9-;/m0./s1. The summed E-state index contributed by atoms with van der Waals surface area (Å²) < 4.78 is 16.0. The number of rotatable bonds is 4. The molecule has 1 aromatic rings. The molecule has 0 radical (unpaired) electrons. The molecule has 0 spiro atoms. The summed E-state index contributed by atoms with van der Waals surface area (Å²) in [6.45, 7) is 1.06. The Balaban J connectivity index is 0.00000144. The van der Waals surface area contributed by atoms with Gasteiger partial charge in [-0.05, 0) is 25.1 Å². The maximum atomic E-state index is 5.42. The molecule has 2 rings (SSSR count). The maximum absolute atomic E-state index is 5.42. The number of ether oxygens (including phenoxy) is 3. The van der Waals surface area contributed by atoms with Crippen LogP contribution in [0.4, 0.5) is 0 Å². The zero-order valence-electron chi connectivity index (χ0n) is 10.3. The molecule has 0 bridgehead atoms. The van der Waals surface area contributed by atoms with E-state index in [0.717, 1.165) is 24.3 Å². The minimum Gasteiger partial charge on any atom is -0.493 e. The Morgan fingerprint density at radius 3 is 2.12 bits per heavy atom. The number of halogens is 1. The normalized spacial score (nSPS) is 17.7. The summed E-state index contributed by atoms with van der Waals surface area (Å²) in [6, 6.07) is 4.31. The van der Waals surface area contributed by atoms with E-state index in [1.165, 1.54) is 0 Å². The molecule has 1 heterocycles. The van der Waals surface area contributed by atoms with Crippen LogP contribution in [0.1, 0.15) is 18.0 Å². The Kier molecular flexibility index (Phi) is 4.90. The van der Waals surface area contributed by atoms with Gasteiger partial charge in [0.1, 0.15) is 0 Å². The van der Waals surface area contributed by atoms with Crippen LogP contribution in [0.25, 0.3) is 0 Å². The van der Waals surface area contributed by atoms with Gasteiger partial charge in [-0.3, -0.25) is 0 Å². The fraction of sp³-hybridized carbons (Fsp3) is 0.500. The van der Waals surface area contributed by atoms with Crippen molar-refractivity contribution in [1.29, 1.82) is 0 Å². The Morgan fingerprint density at radius 1 is 1.06 bits per heavy atom. The third kappa shape index (κ3) is 2.42. The lowest BCUT2D eigenvalue weighted by Gasteiger charge is -2.30. The first-order valence-corrected chi connectivity index (χ1v) is 5.34. The number of methoxy groups -OCH3 is 3. The fourth-order valence-corrected chi connectivity index (χ4v) is 1.95. The Hall–Kier alpha value is -1.13. The van der Waals surface area contributed by atoms with Crippen LogP contribution in [0.2, 0.25) is 0 Å². The van der Waals surface area contributed by atoms with Crippen molar-refractivity contribution in [1.82, 2.24) is 5.32 Å². The smallest absolute Gasteiger partial charge is 0.203 e. The first-order chi connectivity index (χ1) is 7.81. The van der Waals surface area contributed by atoms with Gasteiger partial charge in [0.15, 0.2) is 11.5 Å². The average Bonchev–Trinajstić information content (AvgIpc) is 2.25. The molecule has 1 fully saturated rings. The van der Waals surface area contributed by atoms with Crippen molar-refractivity contribution in [3.05, 3.63) is 17.7 Å². The topological polar surface area (TPSA) is 39.7 Å². The van der Waals surface area contributed by atoms with E-state index in [9.17, 15) is 0 Å². The molecule has 1 aromatic carbocycles. The predicted molar refractivity (Wildman–Crippen MR) is 68.7 cm³/mol. The lowest BCUT2D eigenvalue weighted by atomic mass is 9.96. The maximum Gasteiger partial charge on any atom is 0.203 e. The summed E-state index contributed by atoms with van der Waals surface area (Å²) >= 11 is 0. The second-order valence-corrected chi connectivity index (χ2v) is 3.72. The molecule has 1 N–H and O–H groups in total. The van der Waals surface area contributed by atoms with Crippen molar-refractivity contribution >= 4 is 12.4 Å². The molecular weight excluding hydrogens is 242 g/mol. The van der Waals surface area contributed by atoms with Gasteiger partial charge in [-0.25, -0.2) is 0 Å². The quantitative estimate of drug-likeness (QED) is 0.900. The number of nitrogens with one attached hydrogen (secondary N) is 1. The van der Waals surface area contributed by atoms with Crippen molar-refractivity contribution in [3.8, 4) is 17.2 Å². The van der Waals surface area contributed by atoms with E-state index in [4.69, 9.17) is 14.2 Å². The SMILES string of the molecule is COc1ccc([C@@H]2CCN2)c(OC)c1OC.Cl. The van der Waals surface area contributed by atoms with Crippen molar-refractivity contribution in [2.75, 3.05) is 27.9 Å². The average molecular weight is 260 g/mol. The molecule has 1 aliphatic heterocycles. The van der Waals surface area contributed by atoms with Gasteiger partial charge in [0.2, 0.25) is 5.75 Å². The second-order valence-electron chi connectivity index (χ2n) is 3.72. The van der Waals surface area contributed by atoms with Crippen molar-refractivity contribution < 1.29 is 14.2 Å². The molecule has 0 saturated carbocycles. The second kappa shape index (κ2) is 5.98. The molecule has 5 heteroatoms. The minimum atomic E-state index is 0. The van der Waals surface area contributed by atoms with Crippen LogP contribution in [0.3, 0.4) is 0 Å². The monoisotopic (exact) mass is 259 g/mol. The van der Waals surface area contributed by atoms with Gasteiger partial charge in [0.25, 0.3) is 0 Å². The summed E-state index contributed by atoms with van der Waals surface area (Å²) in [5, 5.41) is 3.35. The van der Waals surface area contributed by atoms with E-state index in [-0.39, 0.29) is 12.4 Å². The molecule has 17 heavy (non-hydrogen) atoms. The minimum absolute atomic E-state index is 0. The van der Waals surface area contributed by atoms with Gasteiger partial charge < -0.3 is 19.5 Å². The Morgan fingerprint density at radius 2 is 1.71 bits per heavy atom. The van der Waals surface area contributed by atoms with E-state index >= 15 is 0 Å². The summed E-state index contributed by atoms with van der Waals surface area (Å²) in [5.41, 5.74) is 1.13. The van der Waals surface area contributed by atoms with Crippen LogP contribution in [0.15, 0.2) is 12.1 Å². The molecule has 0 amide bonds. The highest BCUT2D eigenvalue weighted by atomic mass is 35.5. The van der Waals surface area contributed by atoms with Crippen LogP contribution in [0.5, 0.6) is 17.2 Å². The van der Waals surface area contributed by atoms with Crippen molar-refractivity contribution in [2.45, 2.75) is 12.5 Å². The lowest BCUT2D eigenvalue weighted by molar-refractivity contribution is 0.309. The summed E-state index contributed by atoms with van der Waals surface area (Å²) in [4.78, 5) is 0. The largest absolute Gasteiger partial charge is 0.493 e. The number of hydrogen-bond acceptors (Lipinski definition) is 4. The fourth-order valence-electron chi connectivity index (χ4n) is 1.95. The third-order valence-corrected chi connectivity index (χ3v) is 2.93. The highest BCUT2D eigenvalue weighted by Crippen LogP contribution is 2.43. The van der Waals surface area contributed by atoms with Gasteiger partial charge >= 0.3 is 0 Å². The first-order valence-electron chi connectivity index (χ1n) is 5.34. The molecule has 1 aliphatic rings. The van der Waals surface area contributed by atoms with Crippen LogP contribution in [-0.4, -0.2) is 27.9 Å². The highest BCUT2D eigenvalue weighted by molar-refractivity contribution is 5.85. The zero-order chi connectivity index (χ0) is 11.5. The van der Waals surface area contributed by atoms with Crippen LogP contribution < -0.4 is 19.5 Å². The van der Waals surface area contributed by atoms with E-state index in [0.29, 0.717) is 17.5 Å². The van der Waals surface area contributed by atoms with E-state index in [1.807, 2.05) is 12.1 Å². The van der Waals surface area contributed by atoms with Gasteiger partial charge in [-0.2, -0.15) is 0 Å². The summed E-state index contributed by atoms with van der Waals surface area (Å²) in [5.74, 6) is 2.12. The molecule has 0 aromatic heterocycles. The summed E-state index contributed by atoms with van der Waals surface area (Å²) in [7, 11) is 4.90. The summed E-state index contributed by atoms with van der Waals surface area (Å²) in [6.07, 6.45) is 1.13. The predicted octanol–water partition coefficient (Wildman–Crippen LogP) is 2.17. The van der Waals surface area contributed by atoms with Crippen LogP contribution in [0, 0.1) is 0 Å². The van der Waals surface area contributed by atoms with Crippen LogP contribution >= 0.6 is 12.4 Å². The Labute approximate surface area is 108 Å². The third-order valence-electron chi connectivity index (χ3n) is 2.93. The molecule has 4 nitrogen and oxygen atoms in total. The molecule has 96 valence electrons. The molecular formula is C12H18ClNO3. The van der Waals surface area contributed by atoms with Gasteiger partial charge in [0, 0.05) is 11.6 Å².